The van der Waals surface area contributed by atoms with Crippen molar-refractivity contribution in [1.82, 2.24) is 0 Å². The first-order valence-corrected chi connectivity index (χ1v) is 6.11. The number of rotatable bonds is 4. The second kappa shape index (κ2) is 5.79. The molecule has 0 aliphatic heterocycles. The molecule has 20 heavy (non-hydrogen) atoms. The van der Waals surface area contributed by atoms with Crippen molar-refractivity contribution in [2.75, 3.05) is 0 Å². The van der Waals surface area contributed by atoms with Crippen LogP contribution >= 0.6 is 11.6 Å². The van der Waals surface area contributed by atoms with Crippen LogP contribution in [0.5, 0.6) is 0 Å². The zero-order valence-corrected chi connectivity index (χ0v) is 10.9. The molecule has 0 aromatic heterocycles. The smallest absolute Gasteiger partial charge is 0.273 e. The zero-order valence-electron chi connectivity index (χ0n) is 10.1. The molecule has 4 nitrogen and oxygen atoms in total. The van der Waals surface area contributed by atoms with Crippen molar-refractivity contribution in [3.05, 3.63) is 75.6 Å². The first-order chi connectivity index (χ1) is 9.49. The number of benzene rings is 2. The van der Waals surface area contributed by atoms with Gasteiger partial charge in [0.15, 0.2) is 5.78 Å². The zero-order chi connectivity index (χ0) is 14.7. The first-order valence-electron chi connectivity index (χ1n) is 5.67. The lowest BCUT2D eigenvalue weighted by atomic mass is 10.0. The van der Waals surface area contributed by atoms with Crippen molar-refractivity contribution in [3.63, 3.8) is 0 Å². The van der Waals surface area contributed by atoms with Crippen LogP contribution in [0.15, 0.2) is 48.5 Å². The maximum absolute atomic E-state index is 13.3. The summed E-state index contributed by atoms with van der Waals surface area (Å²) in [5.41, 5.74) is -0.0584. The number of hydrogen-bond acceptors (Lipinski definition) is 3. The number of nitro benzene ring substituents is 1. The van der Waals surface area contributed by atoms with Gasteiger partial charge < -0.3 is 0 Å². The van der Waals surface area contributed by atoms with Crippen LogP contribution < -0.4 is 0 Å². The molecule has 0 aliphatic carbocycles. The molecule has 0 radical (unpaired) electrons. The Bertz CT molecular complexity index is 661. The van der Waals surface area contributed by atoms with E-state index in [-0.39, 0.29) is 5.56 Å². The Kier molecular flexibility index (Phi) is 4.10. The Morgan fingerprint density at radius 3 is 2.45 bits per heavy atom. The molecule has 0 heterocycles. The van der Waals surface area contributed by atoms with Crippen molar-refractivity contribution in [3.8, 4) is 0 Å². The van der Waals surface area contributed by atoms with Gasteiger partial charge in [0.05, 0.1) is 11.0 Å². The second-order valence-corrected chi connectivity index (χ2v) is 4.53. The molecule has 2 rings (SSSR count). The average molecular weight is 294 g/mol. The van der Waals surface area contributed by atoms with Crippen LogP contribution in [-0.4, -0.2) is 10.7 Å². The van der Waals surface area contributed by atoms with Gasteiger partial charge >= 0.3 is 0 Å². The van der Waals surface area contributed by atoms with Crippen molar-refractivity contribution in [2.24, 2.45) is 0 Å². The predicted molar refractivity (Wildman–Crippen MR) is 72.4 cm³/mol. The number of Topliss-reactive ketones (excluding diaryl/α,β-unsaturated/α-hetero) is 1. The molecule has 0 fully saturated rings. The maximum Gasteiger partial charge on any atom is 0.273 e. The Balaban J connectivity index is 2.36. The van der Waals surface area contributed by atoms with Crippen LogP contribution in [0.1, 0.15) is 21.3 Å². The summed E-state index contributed by atoms with van der Waals surface area (Å²) < 4.78 is 13.3. The SMILES string of the molecule is O=C(c1cc(F)cc([N+](=O)[O-])c1)C(Cl)c1ccccc1. The number of ketones is 1. The summed E-state index contributed by atoms with van der Waals surface area (Å²) in [7, 11) is 0. The number of halogens is 2. The van der Waals surface area contributed by atoms with Gasteiger partial charge in [0.25, 0.3) is 5.69 Å². The van der Waals surface area contributed by atoms with Crippen LogP contribution in [0.3, 0.4) is 0 Å². The minimum Gasteiger partial charge on any atom is -0.292 e. The molecule has 0 saturated carbocycles. The summed E-state index contributed by atoms with van der Waals surface area (Å²) in [6, 6.07) is 11.2. The van der Waals surface area contributed by atoms with E-state index in [1.165, 1.54) is 0 Å². The molecule has 6 heteroatoms. The third-order valence-corrected chi connectivity index (χ3v) is 3.15. The van der Waals surface area contributed by atoms with Crippen LogP contribution in [0.25, 0.3) is 0 Å². The maximum atomic E-state index is 13.3. The summed E-state index contributed by atoms with van der Waals surface area (Å²) in [6.45, 7) is 0. The molecular weight excluding hydrogens is 285 g/mol. The van der Waals surface area contributed by atoms with Crippen LogP contribution in [0.2, 0.25) is 0 Å². The Morgan fingerprint density at radius 2 is 1.85 bits per heavy atom. The Hall–Kier alpha value is -2.27. The van der Waals surface area contributed by atoms with Gasteiger partial charge in [0.1, 0.15) is 11.2 Å². The highest BCUT2D eigenvalue weighted by atomic mass is 35.5. The number of non-ortho nitro benzene ring substituents is 1. The molecule has 2 aromatic carbocycles. The standard InChI is InChI=1S/C14H9ClFNO3/c15-13(9-4-2-1-3-5-9)14(18)10-6-11(16)8-12(7-10)17(19)20/h1-8,13H. The average Bonchev–Trinajstić information content (AvgIpc) is 2.46. The van der Waals surface area contributed by atoms with E-state index >= 15 is 0 Å². The molecule has 102 valence electrons. The molecule has 1 atom stereocenters. The summed E-state index contributed by atoms with van der Waals surface area (Å²) in [5, 5.41) is 9.65. The highest BCUT2D eigenvalue weighted by molar-refractivity contribution is 6.33. The van der Waals surface area contributed by atoms with Gasteiger partial charge in [-0.15, -0.1) is 11.6 Å². The minimum absolute atomic E-state index is 0.124. The van der Waals surface area contributed by atoms with Gasteiger partial charge in [0, 0.05) is 11.6 Å². The molecular formula is C14H9ClFNO3. The fourth-order valence-electron chi connectivity index (χ4n) is 1.74. The fourth-order valence-corrected chi connectivity index (χ4v) is 2.01. The van der Waals surface area contributed by atoms with E-state index in [0.717, 1.165) is 18.2 Å². The van der Waals surface area contributed by atoms with Gasteiger partial charge in [-0.05, 0) is 11.6 Å². The number of nitrogens with zero attached hydrogens (tertiary/aromatic N) is 1. The molecule has 0 saturated heterocycles. The summed E-state index contributed by atoms with van der Waals surface area (Å²) in [5.74, 6) is -1.43. The summed E-state index contributed by atoms with van der Waals surface area (Å²) >= 11 is 6.03. The van der Waals surface area contributed by atoms with Gasteiger partial charge in [-0.3, -0.25) is 14.9 Å². The third kappa shape index (κ3) is 3.00. The molecule has 1 unspecified atom stereocenters. The van der Waals surface area contributed by atoms with E-state index in [1.54, 1.807) is 30.3 Å². The monoisotopic (exact) mass is 293 g/mol. The molecule has 0 amide bonds. The van der Waals surface area contributed by atoms with E-state index in [2.05, 4.69) is 0 Å². The van der Waals surface area contributed by atoms with Crippen LogP contribution in [0, 0.1) is 15.9 Å². The first kappa shape index (κ1) is 14.1. The molecule has 0 spiro atoms. The quantitative estimate of drug-likeness (QED) is 0.372. The lowest BCUT2D eigenvalue weighted by Crippen LogP contribution is -2.08. The predicted octanol–water partition coefficient (Wildman–Crippen LogP) is 3.90. The summed E-state index contributed by atoms with van der Waals surface area (Å²) in [4.78, 5) is 22.1. The van der Waals surface area contributed by atoms with E-state index in [0.29, 0.717) is 5.56 Å². The highest BCUT2D eigenvalue weighted by Gasteiger charge is 2.22. The van der Waals surface area contributed by atoms with E-state index in [9.17, 15) is 19.3 Å². The molecule has 0 N–H and O–H groups in total. The lowest BCUT2D eigenvalue weighted by molar-refractivity contribution is -0.385. The topological polar surface area (TPSA) is 60.2 Å². The number of carbonyl (C=O) groups is 1. The lowest BCUT2D eigenvalue weighted by Gasteiger charge is -2.09. The fraction of sp³-hybridized carbons (Fsp3) is 0.0714. The van der Waals surface area contributed by atoms with Gasteiger partial charge in [-0.1, -0.05) is 30.3 Å². The van der Waals surface area contributed by atoms with E-state index in [4.69, 9.17) is 11.6 Å². The van der Waals surface area contributed by atoms with Gasteiger partial charge in [-0.25, -0.2) is 4.39 Å². The number of alkyl halides is 1. The van der Waals surface area contributed by atoms with Crippen molar-refractivity contribution >= 4 is 23.1 Å². The van der Waals surface area contributed by atoms with E-state index < -0.39 is 27.6 Å². The molecule has 0 bridgehead atoms. The van der Waals surface area contributed by atoms with Crippen LogP contribution in [-0.2, 0) is 0 Å². The molecule has 2 aromatic rings. The number of hydrogen-bond donors (Lipinski definition) is 0. The Morgan fingerprint density at radius 1 is 1.20 bits per heavy atom. The van der Waals surface area contributed by atoms with Crippen molar-refractivity contribution in [2.45, 2.75) is 5.38 Å². The number of nitro groups is 1. The van der Waals surface area contributed by atoms with Crippen LogP contribution in [0.4, 0.5) is 10.1 Å². The molecule has 0 aliphatic rings. The summed E-state index contributed by atoms with van der Waals surface area (Å²) in [6.07, 6.45) is 0. The minimum atomic E-state index is -1.02. The third-order valence-electron chi connectivity index (χ3n) is 2.70. The normalized spacial score (nSPS) is 11.9. The van der Waals surface area contributed by atoms with Gasteiger partial charge in [-0.2, -0.15) is 0 Å². The number of carbonyl (C=O) groups excluding carboxylic acids is 1. The van der Waals surface area contributed by atoms with E-state index in [1.807, 2.05) is 0 Å². The highest BCUT2D eigenvalue weighted by Crippen LogP contribution is 2.27. The Labute approximate surface area is 119 Å². The van der Waals surface area contributed by atoms with Crippen molar-refractivity contribution in [1.29, 1.82) is 0 Å². The van der Waals surface area contributed by atoms with Gasteiger partial charge in [0.2, 0.25) is 0 Å². The largest absolute Gasteiger partial charge is 0.292 e. The van der Waals surface area contributed by atoms with Crippen molar-refractivity contribution < 1.29 is 14.1 Å². The second-order valence-electron chi connectivity index (χ2n) is 4.09.